The van der Waals surface area contributed by atoms with E-state index in [1.54, 1.807) is 24.3 Å². The summed E-state index contributed by atoms with van der Waals surface area (Å²) in [5.41, 5.74) is 0.606. The number of halogens is 2. The summed E-state index contributed by atoms with van der Waals surface area (Å²) in [5, 5.41) is 0.821. The van der Waals surface area contributed by atoms with Crippen LogP contribution < -0.4 is 0 Å². The van der Waals surface area contributed by atoms with Gasteiger partial charge < -0.3 is 4.42 Å². The monoisotopic (exact) mass is 318 g/mol. The third-order valence-corrected chi connectivity index (χ3v) is 3.46. The summed E-state index contributed by atoms with van der Waals surface area (Å²) in [6, 6.07) is 13.5. The molecule has 1 aromatic heterocycles. The van der Waals surface area contributed by atoms with E-state index in [9.17, 15) is 9.18 Å². The molecule has 2 aromatic carbocycles. The summed E-state index contributed by atoms with van der Waals surface area (Å²) >= 11 is 3.06. The Bertz CT molecular complexity index is 744. The quantitative estimate of drug-likeness (QED) is 0.648. The Hall–Kier alpha value is -1.94. The lowest BCUT2D eigenvalue weighted by atomic mass is 10.1. The van der Waals surface area contributed by atoms with Crippen LogP contribution in [-0.2, 0) is 0 Å². The zero-order chi connectivity index (χ0) is 13.4. The van der Waals surface area contributed by atoms with Crippen molar-refractivity contribution in [2.45, 2.75) is 0 Å². The zero-order valence-corrected chi connectivity index (χ0v) is 11.3. The van der Waals surface area contributed by atoms with E-state index in [1.165, 1.54) is 6.07 Å². The van der Waals surface area contributed by atoms with Crippen molar-refractivity contribution in [3.05, 3.63) is 70.1 Å². The van der Waals surface area contributed by atoms with Gasteiger partial charge in [-0.25, -0.2) is 4.39 Å². The summed E-state index contributed by atoms with van der Waals surface area (Å²) < 4.78 is 19.6. The van der Waals surface area contributed by atoms with Gasteiger partial charge in [-0.2, -0.15) is 0 Å². The topological polar surface area (TPSA) is 30.2 Å². The highest BCUT2D eigenvalue weighted by Gasteiger charge is 2.19. The van der Waals surface area contributed by atoms with Crippen LogP contribution in [0, 0.1) is 5.82 Å². The number of rotatable bonds is 2. The lowest BCUT2D eigenvalue weighted by molar-refractivity contribution is 0.101. The average molecular weight is 319 g/mol. The maximum absolute atomic E-state index is 13.9. The molecule has 0 aliphatic carbocycles. The molecule has 94 valence electrons. The van der Waals surface area contributed by atoms with Crippen molar-refractivity contribution < 1.29 is 13.6 Å². The second-order valence-corrected chi connectivity index (χ2v) is 4.93. The van der Waals surface area contributed by atoms with E-state index < -0.39 is 11.6 Å². The molecule has 0 atom stereocenters. The van der Waals surface area contributed by atoms with Crippen molar-refractivity contribution in [2.75, 3.05) is 0 Å². The Balaban J connectivity index is 2.11. The van der Waals surface area contributed by atoms with Crippen LogP contribution >= 0.6 is 15.9 Å². The molecule has 0 unspecified atom stereocenters. The first-order valence-corrected chi connectivity index (χ1v) is 6.43. The molecule has 0 spiro atoms. The highest BCUT2D eigenvalue weighted by Crippen LogP contribution is 2.24. The van der Waals surface area contributed by atoms with Gasteiger partial charge in [0.15, 0.2) is 5.76 Å². The second-order valence-electron chi connectivity index (χ2n) is 4.08. The van der Waals surface area contributed by atoms with Gasteiger partial charge in [-0.3, -0.25) is 4.79 Å². The van der Waals surface area contributed by atoms with Crippen LogP contribution in [-0.4, -0.2) is 5.78 Å². The van der Waals surface area contributed by atoms with Gasteiger partial charge in [0.1, 0.15) is 11.4 Å². The highest BCUT2D eigenvalue weighted by atomic mass is 79.9. The summed E-state index contributed by atoms with van der Waals surface area (Å²) in [4.78, 5) is 12.2. The molecule has 0 bridgehead atoms. The van der Waals surface area contributed by atoms with Crippen LogP contribution in [0.5, 0.6) is 0 Å². The maximum atomic E-state index is 13.9. The lowest BCUT2D eigenvalue weighted by Gasteiger charge is -2.01. The number of furan rings is 1. The molecule has 0 N–H and O–H groups in total. The van der Waals surface area contributed by atoms with Crippen molar-refractivity contribution in [2.24, 2.45) is 0 Å². The molecule has 0 radical (unpaired) electrons. The first-order chi connectivity index (χ1) is 9.16. The standard InChI is InChI=1S/C15H8BrFO2/c16-11-6-3-5-10(14(11)17)15(18)13-8-9-4-1-2-7-12(9)19-13/h1-8H. The van der Waals surface area contributed by atoms with Crippen molar-refractivity contribution in [1.82, 2.24) is 0 Å². The molecule has 19 heavy (non-hydrogen) atoms. The summed E-state index contributed by atoms with van der Waals surface area (Å²) in [5.74, 6) is -0.902. The summed E-state index contributed by atoms with van der Waals surface area (Å²) in [6.07, 6.45) is 0. The number of fused-ring (bicyclic) bond motifs is 1. The zero-order valence-electron chi connectivity index (χ0n) is 9.69. The minimum atomic E-state index is -0.576. The molecule has 4 heteroatoms. The molecule has 3 aromatic rings. The Morgan fingerprint density at radius 3 is 2.68 bits per heavy atom. The summed E-state index contributed by atoms with van der Waals surface area (Å²) in [7, 11) is 0. The van der Waals surface area contributed by atoms with E-state index in [0.29, 0.717) is 5.58 Å². The number of hydrogen-bond acceptors (Lipinski definition) is 2. The third-order valence-electron chi connectivity index (χ3n) is 2.85. The van der Waals surface area contributed by atoms with Gasteiger partial charge in [0, 0.05) is 5.39 Å². The largest absolute Gasteiger partial charge is 0.453 e. The maximum Gasteiger partial charge on any atom is 0.231 e. The highest BCUT2D eigenvalue weighted by molar-refractivity contribution is 9.10. The van der Waals surface area contributed by atoms with E-state index in [4.69, 9.17) is 4.42 Å². The Morgan fingerprint density at radius 2 is 1.89 bits per heavy atom. The number of hydrogen-bond donors (Lipinski definition) is 0. The normalized spacial score (nSPS) is 10.8. The molecule has 0 fully saturated rings. The van der Waals surface area contributed by atoms with Crippen LogP contribution in [0.1, 0.15) is 16.1 Å². The predicted molar refractivity (Wildman–Crippen MR) is 73.7 cm³/mol. The van der Waals surface area contributed by atoms with E-state index in [1.807, 2.05) is 18.2 Å². The lowest BCUT2D eigenvalue weighted by Crippen LogP contribution is -2.03. The summed E-state index contributed by atoms with van der Waals surface area (Å²) in [6.45, 7) is 0. The fourth-order valence-electron chi connectivity index (χ4n) is 1.91. The van der Waals surface area contributed by atoms with Crippen LogP contribution in [0.25, 0.3) is 11.0 Å². The van der Waals surface area contributed by atoms with Gasteiger partial charge in [0.25, 0.3) is 0 Å². The van der Waals surface area contributed by atoms with Crippen molar-refractivity contribution >= 4 is 32.7 Å². The van der Waals surface area contributed by atoms with Crippen LogP contribution in [0.15, 0.2) is 57.4 Å². The van der Waals surface area contributed by atoms with Gasteiger partial charge in [-0.05, 0) is 40.2 Å². The van der Waals surface area contributed by atoms with E-state index >= 15 is 0 Å². The van der Waals surface area contributed by atoms with Crippen molar-refractivity contribution in [1.29, 1.82) is 0 Å². The molecule has 0 saturated carbocycles. The van der Waals surface area contributed by atoms with Crippen molar-refractivity contribution in [3.8, 4) is 0 Å². The Kier molecular flexibility index (Phi) is 2.95. The molecule has 1 heterocycles. The first-order valence-electron chi connectivity index (χ1n) is 5.64. The van der Waals surface area contributed by atoms with Crippen LogP contribution in [0.2, 0.25) is 0 Å². The average Bonchev–Trinajstić information content (AvgIpc) is 2.85. The first kappa shape index (κ1) is 12.1. The van der Waals surface area contributed by atoms with Gasteiger partial charge in [-0.1, -0.05) is 24.3 Å². The van der Waals surface area contributed by atoms with Gasteiger partial charge >= 0.3 is 0 Å². The predicted octanol–water partition coefficient (Wildman–Crippen LogP) is 4.57. The van der Waals surface area contributed by atoms with E-state index in [2.05, 4.69) is 15.9 Å². The molecular weight excluding hydrogens is 311 g/mol. The Labute approximate surface area is 117 Å². The SMILES string of the molecule is O=C(c1cc2ccccc2o1)c1cccc(Br)c1F. The number of ketones is 1. The van der Waals surface area contributed by atoms with Crippen molar-refractivity contribution in [3.63, 3.8) is 0 Å². The Morgan fingerprint density at radius 1 is 1.11 bits per heavy atom. The van der Waals surface area contributed by atoms with Gasteiger partial charge in [0.2, 0.25) is 5.78 Å². The second kappa shape index (κ2) is 4.63. The molecule has 0 aliphatic rings. The minimum absolute atomic E-state index is 0.00608. The van der Waals surface area contributed by atoms with Crippen LogP contribution in [0.4, 0.5) is 4.39 Å². The molecule has 2 nitrogen and oxygen atoms in total. The molecule has 0 aliphatic heterocycles. The molecule has 3 rings (SSSR count). The number of para-hydroxylation sites is 1. The molecule has 0 saturated heterocycles. The van der Waals surface area contributed by atoms with E-state index in [0.717, 1.165) is 5.39 Å². The number of benzene rings is 2. The minimum Gasteiger partial charge on any atom is -0.453 e. The van der Waals surface area contributed by atoms with Gasteiger partial charge in [-0.15, -0.1) is 0 Å². The smallest absolute Gasteiger partial charge is 0.231 e. The number of carbonyl (C=O) groups is 1. The van der Waals surface area contributed by atoms with E-state index in [-0.39, 0.29) is 15.8 Å². The van der Waals surface area contributed by atoms with Crippen LogP contribution in [0.3, 0.4) is 0 Å². The molecule has 0 amide bonds. The third kappa shape index (κ3) is 2.08. The van der Waals surface area contributed by atoms with Gasteiger partial charge in [0.05, 0.1) is 10.0 Å². The number of carbonyl (C=O) groups excluding carboxylic acids is 1. The molecular formula is C15H8BrFO2. The fourth-order valence-corrected chi connectivity index (χ4v) is 2.27. The fraction of sp³-hybridized carbons (Fsp3) is 0.